The van der Waals surface area contributed by atoms with Crippen LogP contribution in [0.4, 0.5) is 0 Å². The van der Waals surface area contributed by atoms with Crippen molar-refractivity contribution in [2.24, 2.45) is 0 Å². The summed E-state index contributed by atoms with van der Waals surface area (Å²) in [5.41, 5.74) is 1.19. The van der Waals surface area contributed by atoms with Crippen LogP contribution in [0, 0.1) is 0 Å². The summed E-state index contributed by atoms with van der Waals surface area (Å²) in [5.74, 6) is 0.231. The molecule has 1 heterocycles. The Morgan fingerprint density at radius 2 is 1.84 bits per heavy atom. The Morgan fingerprint density at radius 1 is 1.16 bits per heavy atom. The standard InChI is InChI=1S/C15H21BrN2O/c16-14-8-4-3-7-13(14)11-17-12-15(19)18-9-5-1-2-6-10-18/h3-4,7-8,17H,1-2,5-6,9-12H2. The van der Waals surface area contributed by atoms with E-state index in [9.17, 15) is 4.79 Å². The molecule has 3 nitrogen and oxygen atoms in total. The van der Waals surface area contributed by atoms with Gasteiger partial charge in [0, 0.05) is 24.1 Å². The van der Waals surface area contributed by atoms with E-state index in [1.165, 1.54) is 18.4 Å². The summed E-state index contributed by atoms with van der Waals surface area (Å²) in [6.45, 7) is 3.01. The second-order valence-electron chi connectivity index (χ2n) is 4.99. The van der Waals surface area contributed by atoms with Gasteiger partial charge >= 0.3 is 0 Å². The number of nitrogens with zero attached hydrogens (tertiary/aromatic N) is 1. The van der Waals surface area contributed by atoms with E-state index >= 15 is 0 Å². The summed E-state index contributed by atoms with van der Waals surface area (Å²) in [6.07, 6.45) is 4.81. The number of carbonyl (C=O) groups excluding carboxylic acids is 1. The van der Waals surface area contributed by atoms with Gasteiger partial charge in [-0.25, -0.2) is 0 Å². The van der Waals surface area contributed by atoms with Crippen molar-refractivity contribution in [2.75, 3.05) is 19.6 Å². The summed E-state index contributed by atoms with van der Waals surface area (Å²) < 4.78 is 1.09. The Balaban J connectivity index is 1.76. The molecule has 2 rings (SSSR count). The van der Waals surface area contributed by atoms with Gasteiger partial charge in [-0.2, -0.15) is 0 Å². The largest absolute Gasteiger partial charge is 0.342 e. The second-order valence-corrected chi connectivity index (χ2v) is 5.84. The molecule has 0 spiro atoms. The molecule has 1 aliphatic rings. The number of likely N-dealkylation sites (tertiary alicyclic amines) is 1. The SMILES string of the molecule is O=C(CNCc1ccccc1Br)N1CCCCCC1. The first-order chi connectivity index (χ1) is 9.27. The minimum atomic E-state index is 0.231. The number of hydrogen-bond donors (Lipinski definition) is 1. The summed E-state index contributed by atoms with van der Waals surface area (Å²) in [4.78, 5) is 14.1. The minimum Gasteiger partial charge on any atom is -0.342 e. The molecule has 104 valence electrons. The molecule has 0 bridgehead atoms. The molecule has 0 atom stereocenters. The summed E-state index contributed by atoms with van der Waals surface area (Å²) in [7, 11) is 0. The summed E-state index contributed by atoms with van der Waals surface area (Å²) in [6, 6.07) is 8.09. The number of halogens is 1. The van der Waals surface area contributed by atoms with Gasteiger partial charge in [0.2, 0.25) is 5.91 Å². The number of carbonyl (C=O) groups is 1. The van der Waals surface area contributed by atoms with Crippen LogP contribution < -0.4 is 5.32 Å². The number of rotatable bonds is 4. The fourth-order valence-corrected chi connectivity index (χ4v) is 2.80. The van der Waals surface area contributed by atoms with Gasteiger partial charge in [0.05, 0.1) is 6.54 Å². The van der Waals surface area contributed by atoms with Gasteiger partial charge in [-0.1, -0.05) is 47.0 Å². The minimum absolute atomic E-state index is 0.231. The van der Waals surface area contributed by atoms with Crippen LogP contribution >= 0.6 is 15.9 Å². The van der Waals surface area contributed by atoms with Crippen molar-refractivity contribution in [1.82, 2.24) is 10.2 Å². The Bertz CT molecular complexity index is 414. The highest BCUT2D eigenvalue weighted by Gasteiger charge is 2.14. The molecular formula is C15H21BrN2O. The molecule has 1 saturated heterocycles. The van der Waals surface area contributed by atoms with Crippen LogP contribution in [0.5, 0.6) is 0 Å². The lowest BCUT2D eigenvalue weighted by Gasteiger charge is -2.20. The normalized spacial score (nSPS) is 16.2. The highest BCUT2D eigenvalue weighted by atomic mass is 79.9. The molecule has 19 heavy (non-hydrogen) atoms. The molecule has 0 aliphatic carbocycles. The van der Waals surface area contributed by atoms with E-state index in [0.29, 0.717) is 6.54 Å². The molecule has 0 aromatic heterocycles. The zero-order valence-corrected chi connectivity index (χ0v) is 12.8. The second kappa shape index (κ2) is 7.65. The Morgan fingerprint density at radius 3 is 2.53 bits per heavy atom. The van der Waals surface area contributed by atoms with E-state index in [4.69, 9.17) is 0 Å². The lowest BCUT2D eigenvalue weighted by molar-refractivity contribution is -0.130. The monoisotopic (exact) mass is 324 g/mol. The van der Waals surface area contributed by atoms with Gasteiger partial charge in [-0.3, -0.25) is 4.79 Å². The van der Waals surface area contributed by atoms with E-state index in [1.807, 2.05) is 23.1 Å². The molecular weight excluding hydrogens is 304 g/mol. The maximum absolute atomic E-state index is 12.1. The number of hydrogen-bond acceptors (Lipinski definition) is 2. The third-order valence-electron chi connectivity index (χ3n) is 3.51. The van der Waals surface area contributed by atoms with Crippen molar-refractivity contribution in [1.29, 1.82) is 0 Å². The van der Waals surface area contributed by atoms with Crippen LogP contribution in [0.25, 0.3) is 0 Å². The zero-order valence-electron chi connectivity index (χ0n) is 11.2. The third kappa shape index (κ3) is 4.62. The Labute approximate surface area is 123 Å². The topological polar surface area (TPSA) is 32.3 Å². The molecule has 1 fully saturated rings. The molecule has 1 N–H and O–H groups in total. The average molecular weight is 325 g/mol. The summed E-state index contributed by atoms with van der Waals surface area (Å²) in [5, 5.41) is 3.24. The lowest BCUT2D eigenvalue weighted by atomic mass is 10.2. The maximum Gasteiger partial charge on any atom is 0.236 e. The summed E-state index contributed by atoms with van der Waals surface area (Å²) >= 11 is 3.52. The van der Waals surface area contributed by atoms with Crippen molar-refractivity contribution < 1.29 is 4.79 Å². The van der Waals surface area contributed by atoms with Gasteiger partial charge in [0.1, 0.15) is 0 Å². The van der Waals surface area contributed by atoms with Gasteiger partial charge in [-0.05, 0) is 24.5 Å². The molecule has 0 radical (unpaired) electrons. The Hall–Kier alpha value is -0.870. The van der Waals surface area contributed by atoms with Crippen LogP contribution in [0.2, 0.25) is 0 Å². The molecule has 1 amide bonds. The first kappa shape index (κ1) is 14.5. The predicted octanol–water partition coefficient (Wildman–Crippen LogP) is 2.94. The van der Waals surface area contributed by atoms with E-state index in [0.717, 1.165) is 36.9 Å². The number of amides is 1. The van der Waals surface area contributed by atoms with Gasteiger partial charge < -0.3 is 10.2 Å². The van der Waals surface area contributed by atoms with Crippen molar-refractivity contribution in [2.45, 2.75) is 32.2 Å². The van der Waals surface area contributed by atoms with Crippen LogP contribution in [0.3, 0.4) is 0 Å². The molecule has 1 aliphatic heterocycles. The van der Waals surface area contributed by atoms with E-state index in [1.54, 1.807) is 0 Å². The van der Waals surface area contributed by atoms with E-state index < -0.39 is 0 Å². The quantitative estimate of drug-likeness (QED) is 0.923. The van der Waals surface area contributed by atoms with Crippen molar-refractivity contribution in [3.8, 4) is 0 Å². The fraction of sp³-hybridized carbons (Fsp3) is 0.533. The van der Waals surface area contributed by atoms with Gasteiger partial charge in [0.15, 0.2) is 0 Å². The lowest BCUT2D eigenvalue weighted by Crippen LogP contribution is -2.38. The van der Waals surface area contributed by atoms with E-state index in [2.05, 4.69) is 27.3 Å². The fourth-order valence-electron chi connectivity index (χ4n) is 2.38. The number of benzene rings is 1. The van der Waals surface area contributed by atoms with Crippen LogP contribution in [-0.2, 0) is 11.3 Å². The highest BCUT2D eigenvalue weighted by Crippen LogP contribution is 2.15. The predicted molar refractivity (Wildman–Crippen MR) is 80.9 cm³/mol. The van der Waals surface area contributed by atoms with Crippen LogP contribution in [-0.4, -0.2) is 30.4 Å². The molecule has 4 heteroatoms. The Kier molecular flexibility index (Phi) is 5.86. The van der Waals surface area contributed by atoms with Gasteiger partial charge in [-0.15, -0.1) is 0 Å². The molecule has 1 aromatic carbocycles. The smallest absolute Gasteiger partial charge is 0.236 e. The molecule has 1 aromatic rings. The average Bonchev–Trinajstić information content (AvgIpc) is 2.70. The molecule has 0 saturated carbocycles. The third-order valence-corrected chi connectivity index (χ3v) is 4.28. The maximum atomic E-state index is 12.1. The van der Waals surface area contributed by atoms with Crippen molar-refractivity contribution in [3.63, 3.8) is 0 Å². The highest BCUT2D eigenvalue weighted by molar-refractivity contribution is 9.10. The van der Waals surface area contributed by atoms with E-state index in [-0.39, 0.29) is 5.91 Å². The molecule has 0 unspecified atom stereocenters. The van der Waals surface area contributed by atoms with Crippen molar-refractivity contribution in [3.05, 3.63) is 34.3 Å². The zero-order chi connectivity index (χ0) is 13.5. The van der Waals surface area contributed by atoms with Crippen molar-refractivity contribution >= 4 is 21.8 Å². The van der Waals surface area contributed by atoms with Crippen LogP contribution in [0.1, 0.15) is 31.2 Å². The first-order valence-electron chi connectivity index (χ1n) is 6.99. The van der Waals surface area contributed by atoms with Crippen LogP contribution in [0.15, 0.2) is 28.7 Å². The van der Waals surface area contributed by atoms with Gasteiger partial charge in [0.25, 0.3) is 0 Å². The first-order valence-corrected chi connectivity index (χ1v) is 7.78. The number of nitrogens with one attached hydrogen (secondary N) is 1.